The summed E-state index contributed by atoms with van der Waals surface area (Å²) in [5.41, 5.74) is 0.856. The van der Waals surface area contributed by atoms with Crippen molar-refractivity contribution in [1.29, 1.82) is 0 Å². The van der Waals surface area contributed by atoms with Crippen LogP contribution in [0.1, 0.15) is 12.0 Å². The molecule has 3 aliphatic rings. The number of hydrogen-bond donors (Lipinski definition) is 0. The molecule has 112 valence electrons. The van der Waals surface area contributed by atoms with Crippen molar-refractivity contribution in [3.63, 3.8) is 0 Å². The van der Waals surface area contributed by atoms with Crippen molar-refractivity contribution < 1.29 is 22.7 Å². The largest absolute Gasteiger partial charge is 0.454 e. The molecule has 2 bridgehead atoms. The zero-order valence-electron chi connectivity index (χ0n) is 11.3. The standard InChI is InChI=1S/C14H15NO5S/c16-14(15-6-11-5-10(15)7-21(11,17)18)4-9-1-2-12-13(3-9)20-8-19-12/h1-3,10-11H,4-8H2/t10-,11+/m0/s1. The number of likely N-dealkylation sites (tertiary alicyclic amines) is 1. The van der Waals surface area contributed by atoms with E-state index in [2.05, 4.69) is 0 Å². The second-order valence-corrected chi connectivity index (χ2v) is 8.08. The molecule has 2 atom stereocenters. The molecule has 3 heterocycles. The Balaban J connectivity index is 1.48. The van der Waals surface area contributed by atoms with Crippen LogP contribution in [-0.4, -0.2) is 49.6 Å². The Kier molecular flexibility index (Phi) is 2.69. The van der Waals surface area contributed by atoms with Gasteiger partial charge in [-0.25, -0.2) is 8.42 Å². The molecule has 1 amide bonds. The topological polar surface area (TPSA) is 72.9 Å². The monoisotopic (exact) mass is 309 g/mol. The summed E-state index contributed by atoms with van der Waals surface area (Å²) in [4.78, 5) is 14.1. The summed E-state index contributed by atoms with van der Waals surface area (Å²) in [6.07, 6.45) is 0.856. The number of benzene rings is 1. The molecule has 0 aromatic heterocycles. The number of carbonyl (C=O) groups is 1. The summed E-state index contributed by atoms with van der Waals surface area (Å²) in [5, 5.41) is -0.358. The molecular formula is C14H15NO5S. The second kappa shape index (κ2) is 4.37. The molecular weight excluding hydrogens is 294 g/mol. The van der Waals surface area contributed by atoms with Crippen molar-refractivity contribution in [1.82, 2.24) is 4.90 Å². The van der Waals surface area contributed by atoms with E-state index in [4.69, 9.17) is 9.47 Å². The van der Waals surface area contributed by atoms with Crippen molar-refractivity contribution >= 4 is 15.7 Å². The zero-order valence-corrected chi connectivity index (χ0v) is 12.1. The van der Waals surface area contributed by atoms with Crippen molar-refractivity contribution in [2.24, 2.45) is 0 Å². The smallest absolute Gasteiger partial charge is 0.231 e. The van der Waals surface area contributed by atoms with Crippen molar-refractivity contribution in [2.45, 2.75) is 24.1 Å². The fraction of sp³-hybridized carbons (Fsp3) is 0.500. The van der Waals surface area contributed by atoms with E-state index in [1.165, 1.54) is 0 Å². The van der Waals surface area contributed by atoms with Gasteiger partial charge in [0.25, 0.3) is 0 Å². The molecule has 1 aromatic carbocycles. The molecule has 6 nitrogen and oxygen atoms in total. The summed E-state index contributed by atoms with van der Waals surface area (Å²) in [6.45, 7) is 0.552. The van der Waals surface area contributed by atoms with E-state index in [1.807, 2.05) is 12.1 Å². The highest BCUT2D eigenvalue weighted by Gasteiger charge is 2.49. The fourth-order valence-electron chi connectivity index (χ4n) is 3.33. The normalized spacial score (nSPS) is 28.1. The number of nitrogens with zero attached hydrogens (tertiary/aromatic N) is 1. The van der Waals surface area contributed by atoms with Gasteiger partial charge < -0.3 is 14.4 Å². The molecule has 7 heteroatoms. The first-order chi connectivity index (χ1) is 10.0. The average Bonchev–Trinajstić information content (AvgIpc) is 3.09. The lowest BCUT2D eigenvalue weighted by Crippen LogP contribution is -2.44. The van der Waals surface area contributed by atoms with Crippen LogP contribution in [0.2, 0.25) is 0 Å². The number of hydrogen-bond acceptors (Lipinski definition) is 5. The number of fused-ring (bicyclic) bond motifs is 3. The van der Waals surface area contributed by atoms with Gasteiger partial charge in [0.15, 0.2) is 21.3 Å². The van der Waals surface area contributed by atoms with Crippen LogP contribution in [0.4, 0.5) is 0 Å². The molecule has 0 spiro atoms. The molecule has 0 unspecified atom stereocenters. The zero-order chi connectivity index (χ0) is 14.6. The maximum atomic E-state index is 12.4. The molecule has 0 aliphatic carbocycles. The minimum Gasteiger partial charge on any atom is -0.454 e. The van der Waals surface area contributed by atoms with Gasteiger partial charge in [-0.3, -0.25) is 4.79 Å². The lowest BCUT2D eigenvalue weighted by Gasteiger charge is -2.27. The van der Waals surface area contributed by atoms with E-state index < -0.39 is 9.84 Å². The van der Waals surface area contributed by atoms with E-state index >= 15 is 0 Å². The Hall–Kier alpha value is -1.76. The number of sulfone groups is 1. The lowest BCUT2D eigenvalue weighted by molar-refractivity contribution is -0.131. The Labute approximate surface area is 122 Å². The van der Waals surface area contributed by atoms with Gasteiger partial charge in [-0.15, -0.1) is 0 Å². The van der Waals surface area contributed by atoms with Crippen LogP contribution in [0.15, 0.2) is 18.2 Å². The van der Waals surface area contributed by atoms with E-state index in [1.54, 1.807) is 11.0 Å². The molecule has 0 radical (unpaired) electrons. The molecule has 4 rings (SSSR count). The van der Waals surface area contributed by atoms with E-state index in [9.17, 15) is 13.2 Å². The first-order valence-corrected chi connectivity index (χ1v) is 8.64. The third kappa shape index (κ3) is 2.07. The predicted octanol–water partition coefficient (Wildman–Crippen LogP) is 0.356. The van der Waals surface area contributed by atoms with Crippen LogP contribution < -0.4 is 9.47 Å². The highest BCUT2D eigenvalue weighted by molar-refractivity contribution is 7.92. The minimum absolute atomic E-state index is 0.0173. The second-order valence-electron chi connectivity index (χ2n) is 5.75. The van der Waals surface area contributed by atoms with Crippen molar-refractivity contribution in [2.75, 3.05) is 19.1 Å². The highest BCUT2D eigenvalue weighted by atomic mass is 32.2. The Bertz CT molecular complexity index is 714. The van der Waals surface area contributed by atoms with Gasteiger partial charge in [-0.2, -0.15) is 0 Å². The van der Waals surface area contributed by atoms with Gasteiger partial charge in [0.05, 0.1) is 17.4 Å². The molecule has 2 fully saturated rings. The number of rotatable bonds is 2. The molecule has 0 saturated carbocycles. The van der Waals surface area contributed by atoms with E-state index in [-0.39, 0.29) is 36.2 Å². The quantitative estimate of drug-likeness (QED) is 0.788. The third-order valence-electron chi connectivity index (χ3n) is 4.42. The maximum Gasteiger partial charge on any atom is 0.231 e. The minimum atomic E-state index is -2.97. The summed E-state index contributed by atoms with van der Waals surface area (Å²) in [5.74, 6) is 1.45. The maximum absolute atomic E-state index is 12.4. The Morgan fingerprint density at radius 2 is 2.10 bits per heavy atom. The van der Waals surface area contributed by atoms with Crippen molar-refractivity contribution in [3.8, 4) is 11.5 Å². The molecule has 21 heavy (non-hydrogen) atoms. The molecule has 3 aliphatic heterocycles. The Morgan fingerprint density at radius 1 is 1.29 bits per heavy atom. The van der Waals surface area contributed by atoms with Gasteiger partial charge in [-0.05, 0) is 24.1 Å². The van der Waals surface area contributed by atoms with Crippen LogP contribution in [0.5, 0.6) is 11.5 Å². The number of ether oxygens (including phenoxy) is 2. The van der Waals surface area contributed by atoms with Crippen LogP contribution >= 0.6 is 0 Å². The highest BCUT2D eigenvalue weighted by Crippen LogP contribution is 2.35. The van der Waals surface area contributed by atoms with Crippen molar-refractivity contribution in [3.05, 3.63) is 23.8 Å². The summed E-state index contributed by atoms with van der Waals surface area (Å²) in [7, 11) is -2.97. The van der Waals surface area contributed by atoms with Gasteiger partial charge in [-0.1, -0.05) is 6.07 Å². The van der Waals surface area contributed by atoms with Crippen LogP contribution in [0.25, 0.3) is 0 Å². The summed E-state index contributed by atoms with van der Waals surface area (Å²) in [6, 6.07) is 5.31. The number of amides is 1. The van der Waals surface area contributed by atoms with Crippen LogP contribution in [-0.2, 0) is 21.1 Å². The van der Waals surface area contributed by atoms with E-state index in [0.717, 1.165) is 5.56 Å². The lowest BCUT2D eigenvalue weighted by atomic mass is 10.1. The fourth-order valence-corrected chi connectivity index (χ4v) is 5.36. The molecule has 2 saturated heterocycles. The van der Waals surface area contributed by atoms with Crippen LogP contribution in [0.3, 0.4) is 0 Å². The first kappa shape index (κ1) is 12.9. The molecule has 1 aromatic rings. The van der Waals surface area contributed by atoms with E-state index in [0.29, 0.717) is 24.5 Å². The van der Waals surface area contributed by atoms with Gasteiger partial charge in [0.1, 0.15) is 0 Å². The summed E-state index contributed by atoms with van der Waals surface area (Å²) < 4.78 is 34.0. The third-order valence-corrected chi connectivity index (χ3v) is 6.63. The van der Waals surface area contributed by atoms with Gasteiger partial charge >= 0.3 is 0 Å². The SMILES string of the molecule is O=C(Cc1ccc2c(c1)OCO2)N1C[C@H]2C[C@H]1CS2(=O)=O. The number of carbonyl (C=O) groups excluding carboxylic acids is 1. The Morgan fingerprint density at radius 3 is 2.81 bits per heavy atom. The average molecular weight is 309 g/mol. The van der Waals surface area contributed by atoms with Gasteiger partial charge in [0.2, 0.25) is 12.7 Å². The van der Waals surface area contributed by atoms with Crippen LogP contribution in [0, 0.1) is 0 Å². The predicted molar refractivity (Wildman–Crippen MR) is 74.0 cm³/mol. The van der Waals surface area contributed by atoms with Gasteiger partial charge in [0, 0.05) is 12.6 Å². The first-order valence-electron chi connectivity index (χ1n) is 6.92. The molecule has 0 N–H and O–H groups in total. The summed E-state index contributed by atoms with van der Waals surface area (Å²) >= 11 is 0.